The summed E-state index contributed by atoms with van der Waals surface area (Å²) in [6.07, 6.45) is 2.71. The van der Waals surface area contributed by atoms with Crippen molar-refractivity contribution in [3.63, 3.8) is 0 Å². The summed E-state index contributed by atoms with van der Waals surface area (Å²) < 4.78 is 5.80. The maximum absolute atomic E-state index is 9.33. The number of ether oxygens (including phenoxy) is 1. The summed E-state index contributed by atoms with van der Waals surface area (Å²) in [5.41, 5.74) is -0.0178. The number of hydrogen-bond donors (Lipinski definition) is 1. The third-order valence-electron chi connectivity index (χ3n) is 3.05. The van der Waals surface area contributed by atoms with Gasteiger partial charge in [-0.15, -0.1) is 0 Å². The maximum atomic E-state index is 9.33. The molecular weight excluding hydrogens is 178 g/mol. The number of likely N-dealkylation sites (tertiary alicyclic amines) is 1. The number of rotatable bonds is 4. The lowest BCUT2D eigenvalue weighted by Gasteiger charge is -2.32. The molecule has 0 bridgehead atoms. The molecule has 0 aliphatic carbocycles. The quantitative estimate of drug-likeness (QED) is 0.750. The van der Waals surface area contributed by atoms with Crippen LogP contribution in [0.4, 0.5) is 0 Å². The Balaban J connectivity index is 2.19. The van der Waals surface area contributed by atoms with E-state index < -0.39 is 0 Å². The van der Waals surface area contributed by atoms with Crippen LogP contribution in [0.3, 0.4) is 0 Å². The molecule has 0 aromatic carbocycles. The van der Waals surface area contributed by atoms with Gasteiger partial charge in [0.05, 0.1) is 18.4 Å². The van der Waals surface area contributed by atoms with Crippen LogP contribution in [0.15, 0.2) is 0 Å². The first-order chi connectivity index (χ1) is 6.53. The number of hydrogen-bond acceptors (Lipinski definition) is 3. The average molecular weight is 201 g/mol. The van der Waals surface area contributed by atoms with Crippen LogP contribution in [0.1, 0.15) is 40.0 Å². The van der Waals surface area contributed by atoms with Crippen LogP contribution in [-0.4, -0.2) is 41.5 Å². The molecule has 14 heavy (non-hydrogen) atoms. The molecule has 84 valence electrons. The van der Waals surface area contributed by atoms with E-state index in [0.29, 0.717) is 6.73 Å². The lowest BCUT2D eigenvalue weighted by Crippen LogP contribution is -2.40. The van der Waals surface area contributed by atoms with E-state index in [4.69, 9.17) is 4.74 Å². The predicted molar refractivity (Wildman–Crippen MR) is 57.1 cm³/mol. The first-order valence-corrected chi connectivity index (χ1v) is 5.58. The fraction of sp³-hybridized carbons (Fsp3) is 1.00. The van der Waals surface area contributed by atoms with Crippen molar-refractivity contribution in [1.29, 1.82) is 0 Å². The number of aliphatic hydroxyl groups is 1. The van der Waals surface area contributed by atoms with Gasteiger partial charge in [0, 0.05) is 13.1 Å². The topological polar surface area (TPSA) is 32.7 Å². The largest absolute Gasteiger partial charge is 0.393 e. The van der Waals surface area contributed by atoms with Crippen LogP contribution in [0.25, 0.3) is 0 Å². The van der Waals surface area contributed by atoms with Crippen molar-refractivity contribution in [1.82, 2.24) is 4.90 Å². The van der Waals surface area contributed by atoms with E-state index in [0.717, 1.165) is 32.4 Å². The molecule has 1 fully saturated rings. The van der Waals surface area contributed by atoms with Crippen LogP contribution in [0, 0.1) is 0 Å². The first kappa shape index (κ1) is 12.0. The van der Waals surface area contributed by atoms with Gasteiger partial charge in [0.15, 0.2) is 0 Å². The SMILES string of the molecule is CCC(C)(C)OCN1CCC(O)CC1. The average Bonchev–Trinajstić information content (AvgIpc) is 2.17. The summed E-state index contributed by atoms with van der Waals surface area (Å²) in [6.45, 7) is 8.99. The molecule has 1 heterocycles. The summed E-state index contributed by atoms with van der Waals surface area (Å²) >= 11 is 0. The Bertz CT molecular complexity index is 163. The lowest BCUT2D eigenvalue weighted by molar-refractivity contribution is -0.0866. The zero-order valence-corrected chi connectivity index (χ0v) is 9.62. The van der Waals surface area contributed by atoms with E-state index in [1.54, 1.807) is 0 Å². The van der Waals surface area contributed by atoms with Crippen molar-refractivity contribution in [2.75, 3.05) is 19.8 Å². The summed E-state index contributed by atoms with van der Waals surface area (Å²) in [4.78, 5) is 2.27. The summed E-state index contributed by atoms with van der Waals surface area (Å²) in [7, 11) is 0. The Morgan fingerprint density at radius 1 is 1.36 bits per heavy atom. The Labute approximate surface area is 87.1 Å². The molecule has 0 spiro atoms. The second kappa shape index (κ2) is 5.10. The van der Waals surface area contributed by atoms with Gasteiger partial charge in [-0.05, 0) is 33.1 Å². The molecular formula is C11H23NO2. The van der Waals surface area contributed by atoms with E-state index in [1.165, 1.54) is 0 Å². The molecule has 0 atom stereocenters. The van der Waals surface area contributed by atoms with Crippen LogP contribution < -0.4 is 0 Å². The van der Waals surface area contributed by atoms with Gasteiger partial charge in [-0.25, -0.2) is 0 Å². The minimum Gasteiger partial charge on any atom is -0.393 e. The molecule has 0 aromatic rings. The Morgan fingerprint density at radius 3 is 2.43 bits per heavy atom. The normalized spacial score (nSPS) is 21.4. The second-order valence-corrected chi connectivity index (χ2v) is 4.74. The third-order valence-corrected chi connectivity index (χ3v) is 3.05. The fourth-order valence-electron chi connectivity index (χ4n) is 1.42. The Hall–Kier alpha value is -0.120. The summed E-state index contributed by atoms with van der Waals surface area (Å²) in [5, 5.41) is 9.33. The zero-order valence-electron chi connectivity index (χ0n) is 9.62. The van der Waals surface area contributed by atoms with Crippen molar-refractivity contribution in [2.24, 2.45) is 0 Å². The molecule has 1 rings (SSSR count). The highest BCUT2D eigenvalue weighted by atomic mass is 16.5. The van der Waals surface area contributed by atoms with Gasteiger partial charge < -0.3 is 9.84 Å². The molecule has 0 aromatic heterocycles. The van der Waals surface area contributed by atoms with Gasteiger partial charge in [0.1, 0.15) is 0 Å². The number of piperidine rings is 1. The van der Waals surface area contributed by atoms with Gasteiger partial charge in [0.2, 0.25) is 0 Å². The highest BCUT2D eigenvalue weighted by molar-refractivity contribution is 4.70. The van der Waals surface area contributed by atoms with Crippen LogP contribution in [-0.2, 0) is 4.74 Å². The highest BCUT2D eigenvalue weighted by Crippen LogP contribution is 2.16. The van der Waals surface area contributed by atoms with Gasteiger partial charge in [-0.3, -0.25) is 4.90 Å². The first-order valence-electron chi connectivity index (χ1n) is 5.58. The van der Waals surface area contributed by atoms with Crippen molar-refractivity contribution in [3.05, 3.63) is 0 Å². The fourth-order valence-corrected chi connectivity index (χ4v) is 1.42. The molecule has 0 radical (unpaired) electrons. The Morgan fingerprint density at radius 2 is 1.93 bits per heavy atom. The summed E-state index contributed by atoms with van der Waals surface area (Å²) in [5.74, 6) is 0. The van der Waals surface area contributed by atoms with Crippen molar-refractivity contribution < 1.29 is 9.84 Å². The molecule has 1 aliphatic rings. The number of nitrogens with zero attached hydrogens (tertiary/aromatic N) is 1. The van der Waals surface area contributed by atoms with Gasteiger partial charge in [-0.2, -0.15) is 0 Å². The minimum absolute atomic E-state index is 0.0178. The van der Waals surface area contributed by atoms with Gasteiger partial charge in [-0.1, -0.05) is 6.92 Å². The highest BCUT2D eigenvalue weighted by Gasteiger charge is 2.20. The third kappa shape index (κ3) is 3.95. The molecule has 1 saturated heterocycles. The van der Waals surface area contributed by atoms with Gasteiger partial charge in [0.25, 0.3) is 0 Å². The Kier molecular flexibility index (Phi) is 4.35. The standard InChI is InChI=1S/C11H23NO2/c1-4-11(2,3)14-9-12-7-5-10(13)6-8-12/h10,13H,4-9H2,1-3H3. The molecule has 1 N–H and O–H groups in total. The molecule has 3 nitrogen and oxygen atoms in total. The van der Waals surface area contributed by atoms with Crippen LogP contribution >= 0.6 is 0 Å². The van der Waals surface area contributed by atoms with E-state index in [-0.39, 0.29) is 11.7 Å². The second-order valence-electron chi connectivity index (χ2n) is 4.74. The summed E-state index contributed by atoms with van der Waals surface area (Å²) in [6, 6.07) is 0. The van der Waals surface area contributed by atoms with Crippen molar-refractivity contribution >= 4 is 0 Å². The van der Waals surface area contributed by atoms with E-state index in [1.807, 2.05) is 0 Å². The van der Waals surface area contributed by atoms with E-state index in [9.17, 15) is 5.11 Å². The van der Waals surface area contributed by atoms with E-state index >= 15 is 0 Å². The smallest absolute Gasteiger partial charge is 0.0997 e. The maximum Gasteiger partial charge on any atom is 0.0997 e. The van der Waals surface area contributed by atoms with Crippen LogP contribution in [0.5, 0.6) is 0 Å². The molecule has 1 aliphatic heterocycles. The molecule has 0 saturated carbocycles. The molecule has 0 unspecified atom stereocenters. The van der Waals surface area contributed by atoms with E-state index in [2.05, 4.69) is 25.7 Å². The van der Waals surface area contributed by atoms with Crippen molar-refractivity contribution in [2.45, 2.75) is 51.7 Å². The lowest BCUT2D eigenvalue weighted by atomic mass is 10.1. The molecule has 0 amide bonds. The number of aliphatic hydroxyl groups excluding tert-OH is 1. The van der Waals surface area contributed by atoms with Gasteiger partial charge >= 0.3 is 0 Å². The predicted octanol–water partition coefficient (Wildman–Crippen LogP) is 1.61. The molecule has 3 heteroatoms. The van der Waals surface area contributed by atoms with Crippen molar-refractivity contribution in [3.8, 4) is 0 Å². The minimum atomic E-state index is -0.0922. The zero-order chi connectivity index (χ0) is 10.6. The van der Waals surface area contributed by atoms with Crippen LogP contribution in [0.2, 0.25) is 0 Å². The monoisotopic (exact) mass is 201 g/mol.